The standard InChI is InChI=1S/C17H21N5/c18-11-16-17(20-4-3-19-16)22-7-5-21(6-8-22)12-15-10-13-1-2-14(15)9-13/h1-4,13-15H,5-10,12H2. The van der Waals surface area contributed by atoms with Gasteiger partial charge in [0.05, 0.1) is 0 Å². The van der Waals surface area contributed by atoms with Crippen molar-refractivity contribution in [3.63, 3.8) is 0 Å². The second-order valence-electron chi connectivity index (χ2n) is 6.67. The molecule has 22 heavy (non-hydrogen) atoms. The Balaban J connectivity index is 1.35. The Morgan fingerprint density at radius 2 is 1.91 bits per heavy atom. The molecule has 5 nitrogen and oxygen atoms in total. The van der Waals surface area contributed by atoms with Crippen LogP contribution in [-0.2, 0) is 0 Å². The first-order chi connectivity index (χ1) is 10.8. The summed E-state index contributed by atoms with van der Waals surface area (Å²) in [5.74, 6) is 3.28. The molecule has 0 aromatic carbocycles. The van der Waals surface area contributed by atoms with Gasteiger partial charge in [-0.05, 0) is 30.6 Å². The second kappa shape index (κ2) is 5.69. The van der Waals surface area contributed by atoms with E-state index in [1.165, 1.54) is 19.4 Å². The Kier molecular flexibility index (Phi) is 3.55. The van der Waals surface area contributed by atoms with E-state index in [2.05, 4.69) is 38.0 Å². The Labute approximate surface area is 131 Å². The summed E-state index contributed by atoms with van der Waals surface area (Å²) in [6.07, 6.45) is 10.9. The van der Waals surface area contributed by atoms with Gasteiger partial charge in [-0.2, -0.15) is 5.26 Å². The fraction of sp³-hybridized carbons (Fsp3) is 0.588. The van der Waals surface area contributed by atoms with Crippen LogP contribution in [0.2, 0.25) is 0 Å². The second-order valence-corrected chi connectivity index (χ2v) is 6.67. The zero-order valence-electron chi connectivity index (χ0n) is 12.7. The van der Waals surface area contributed by atoms with E-state index in [4.69, 9.17) is 5.26 Å². The van der Waals surface area contributed by atoms with E-state index in [1.807, 2.05) is 0 Å². The minimum atomic E-state index is 0.439. The van der Waals surface area contributed by atoms with Crippen molar-refractivity contribution < 1.29 is 0 Å². The van der Waals surface area contributed by atoms with E-state index in [0.717, 1.165) is 49.8 Å². The summed E-state index contributed by atoms with van der Waals surface area (Å²) in [6, 6.07) is 2.14. The molecule has 1 saturated heterocycles. The highest BCUT2D eigenvalue weighted by Crippen LogP contribution is 2.43. The summed E-state index contributed by atoms with van der Waals surface area (Å²) in [5.41, 5.74) is 0.439. The van der Waals surface area contributed by atoms with Gasteiger partial charge in [-0.3, -0.25) is 4.90 Å². The Morgan fingerprint density at radius 1 is 1.09 bits per heavy atom. The van der Waals surface area contributed by atoms with E-state index < -0.39 is 0 Å². The lowest BCUT2D eigenvalue weighted by atomic mass is 9.93. The first kappa shape index (κ1) is 13.7. The van der Waals surface area contributed by atoms with Crippen molar-refractivity contribution in [3.05, 3.63) is 30.2 Å². The van der Waals surface area contributed by atoms with Crippen LogP contribution in [0.15, 0.2) is 24.5 Å². The molecular weight excluding hydrogens is 274 g/mol. The molecule has 3 aliphatic rings. The van der Waals surface area contributed by atoms with Crippen molar-refractivity contribution in [2.45, 2.75) is 12.8 Å². The first-order valence-electron chi connectivity index (χ1n) is 8.20. The first-order valence-corrected chi connectivity index (χ1v) is 8.20. The highest BCUT2D eigenvalue weighted by molar-refractivity contribution is 5.49. The van der Waals surface area contributed by atoms with Gasteiger partial charge in [-0.1, -0.05) is 12.2 Å². The van der Waals surface area contributed by atoms with Crippen molar-refractivity contribution >= 4 is 5.82 Å². The lowest BCUT2D eigenvalue weighted by Crippen LogP contribution is -2.48. The van der Waals surface area contributed by atoms with Crippen molar-refractivity contribution in [2.24, 2.45) is 17.8 Å². The largest absolute Gasteiger partial charge is 0.352 e. The molecule has 0 spiro atoms. The predicted octanol–water partition coefficient (Wildman–Crippen LogP) is 1.68. The SMILES string of the molecule is N#Cc1nccnc1N1CCN(CC2CC3C=CC2C3)CC1. The van der Waals surface area contributed by atoms with Crippen LogP contribution < -0.4 is 4.90 Å². The van der Waals surface area contributed by atoms with Crippen LogP contribution in [0.5, 0.6) is 0 Å². The maximum Gasteiger partial charge on any atom is 0.183 e. The van der Waals surface area contributed by atoms with Gasteiger partial charge in [0.15, 0.2) is 11.5 Å². The van der Waals surface area contributed by atoms with Gasteiger partial charge in [-0.15, -0.1) is 0 Å². The normalized spacial score (nSPS) is 30.7. The molecule has 4 rings (SSSR count). The Hall–Kier alpha value is -1.93. The minimum absolute atomic E-state index is 0.439. The van der Waals surface area contributed by atoms with Crippen LogP contribution in [0, 0.1) is 29.1 Å². The molecule has 1 saturated carbocycles. The molecule has 3 unspecified atom stereocenters. The van der Waals surface area contributed by atoms with Crippen LogP contribution in [0.3, 0.4) is 0 Å². The summed E-state index contributed by atoms with van der Waals surface area (Å²) < 4.78 is 0. The number of piperazine rings is 1. The van der Waals surface area contributed by atoms with Gasteiger partial charge in [0.25, 0.3) is 0 Å². The van der Waals surface area contributed by atoms with Crippen LogP contribution in [0.4, 0.5) is 5.82 Å². The quantitative estimate of drug-likeness (QED) is 0.794. The number of aromatic nitrogens is 2. The topological polar surface area (TPSA) is 56.1 Å². The van der Waals surface area contributed by atoms with Crippen molar-refractivity contribution in [3.8, 4) is 6.07 Å². The molecule has 2 fully saturated rings. The van der Waals surface area contributed by atoms with E-state index in [0.29, 0.717) is 5.69 Å². The zero-order valence-corrected chi connectivity index (χ0v) is 12.7. The molecule has 2 bridgehead atoms. The highest BCUT2D eigenvalue weighted by Gasteiger charge is 2.36. The summed E-state index contributed by atoms with van der Waals surface area (Å²) in [6.45, 7) is 5.21. The molecule has 2 heterocycles. The van der Waals surface area contributed by atoms with Gasteiger partial charge in [0.1, 0.15) is 6.07 Å². The number of anilines is 1. The number of allylic oxidation sites excluding steroid dienone is 2. The van der Waals surface area contributed by atoms with E-state index >= 15 is 0 Å². The molecule has 1 aromatic heterocycles. The lowest BCUT2D eigenvalue weighted by molar-refractivity contribution is 0.204. The third-order valence-corrected chi connectivity index (χ3v) is 5.37. The van der Waals surface area contributed by atoms with Gasteiger partial charge >= 0.3 is 0 Å². The van der Waals surface area contributed by atoms with Crippen molar-refractivity contribution in [2.75, 3.05) is 37.6 Å². The van der Waals surface area contributed by atoms with Crippen LogP contribution >= 0.6 is 0 Å². The van der Waals surface area contributed by atoms with E-state index in [1.54, 1.807) is 12.4 Å². The van der Waals surface area contributed by atoms with Crippen LogP contribution in [0.1, 0.15) is 18.5 Å². The molecule has 114 valence electrons. The van der Waals surface area contributed by atoms with Crippen LogP contribution in [-0.4, -0.2) is 47.6 Å². The third-order valence-electron chi connectivity index (χ3n) is 5.37. The van der Waals surface area contributed by atoms with E-state index in [-0.39, 0.29) is 0 Å². The number of hydrogen-bond acceptors (Lipinski definition) is 5. The average molecular weight is 295 g/mol. The van der Waals surface area contributed by atoms with Gasteiger partial charge < -0.3 is 4.90 Å². The number of rotatable bonds is 3. The molecule has 3 atom stereocenters. The minimum Gasteiger partial charge on any atom is -0.352 e. The summed E-state index contributed by atoms with van der Waals surface area (Å²) in [4.78, 5) is 13.2. The average Bonchev–Trinajstić information content (AvgIpc) is 3.18. The Bertz CT molecular complexity index is 612. The molecule has 1 aromatic rings. The van der Waals surface area contributed by atoms with Crippen molar-refractivity contribution in [1.82, 2.24) is 14.9 Å². The number of nitrogens with zero attached hydrogens (tertiary/aromatic N) is 5. The maximum absolute atomic E-state index is 9.16. The molecule has 5 heteroatoms. The monoisotopic (exact) mass is 295 g/mol. The van der Waals surface area contributed by atoms with Crippen molar-refractivity contribution in [1.29, 1.82) is 5.26 Å². The summed E-state index contributed by atoms with van der Waals surface area (Å²) >= 11 is 0. The molecule has 2 aliphatic carbocycles. The smallest absolute Gasteiger partial charge is 0.183 e. The highest BCUT2D eigenvalue weighted by atomic mass is 15.3. The zero-order chi connectivity index (χ0) is 14.9. The molecule has 0 radical (unpaired) electrons. The molecule has 0 amide bonds. The predicted molar refractivity (Wildman–Crippen MR) is 84.2 cm³/mol. The lowest BCUT2D eigenvalue weighted by Gasteiger charge is -2.37. The molecule has 0 N–H and O–H groups in total. The van der Waals surface area contributed by atoms with Crippen LogP contribution in [0.25, 0.3) is 0 Å². The van der Waals surface area contributed by atoms with Gasteiger partial charge in [0.2, 0.25) is 0 Å². The molecule has 1 aliphatic heterocycles. The third kappa shape index (κ3) is 2.48. The number of nitriles is 1. The number of fused-ring (bicyclic) bond motifs is 2. The van der Waals surface area contributed by atoms with Gasteiger partial charge in [-0.25, -0.2) is 9.97 Å². The summed E-state index contributed by atoms with van der Waals surface area (Å²) in [7, 11) is 0. The van der Waals surface area contributed by atoms with Gasteiger partial charge in [0, 0.05) is 45.1 Å². The Morgan fingerprint density at radius 3 is 2.59 bits per heavy atom. The fourth-order valence-electron chi connectivity index (χ4n) is 4.22. The molecular formula is C17H21N5. The fourth-order valence-corrected chi connectivity index (χ4v) is 4.22. The maximum atomic E-state index is 9.16. The summed E-state index contributed by atoms with van der Waals surface area (Å²) in [5, 5.41) is 9.16. The van der Waals surface area contributed by atoms with E-state index in [9.17, 15) is 0 Å². The number of hydrogen-bond donors (Lipinski definition) is 0.